The molecule has 112 valence electrons. The largest absolute Gasteiger partial charge is 0.497 e. The Hall–Kier alpha value is -2.01. The van der Waals surface area contributed by atoms with Crippen LogP contribution in [0.15, 0.2) is 35.7 Å². The molecule has 1 aromatic carbocycles. The standard InChI is InChI=1S/C16H19NO3S/c1-11(15-6-5-7-21-15)17(2)16(18)12-8-13(19-3)10-14(9-12)20-4/h5-11H,1-4H3/t11-/m0/s1. The van der Waals surface area contributed by atoms with Crippen LogP contribution in [0.5, 0.6) is 11.5 Å². The lowest BCUT2D eigenvalue weighted by molar-refractivity contribution is 0.0744. The smallest absolute Gasteiger partial charge is 0.254 e. The summed E-state index contributed by atoms with van der Waals surface area (Å²) >= 11 is 1.64. The highest BCUT2D eigenvalue weighted by molar-refractivity contribution is 7.10. The molecule has 0 radical (unpaired) electrons. The zero-order valence-corrected chi connectivity index (χ0v) is 13.4. The molecule has 1 heterocycles. The predicted octanol–water partition coefficient (Wildman–Crippen LogP) is 3.60. The number of methoxy groups -OCH3 is 2. The molecule has 0 fully saturated rings. The van der Waals surface area contributed by atoms with Gasteiger partial charge in [-0.15, -0.1) is 11.3 Å². The van der Waals surface area contributed by atoms with E-state index in [0.717, 1.165) is 4.88 Å². The van der Waals surface area contributed by atoms with Crippen molar-refractivity contribution in [1.82, 2.24) is 4.90 Å². The molecule has 0 aliphatic heterocycles. The summed E-state index contributed by atoms with van der Waals surface area (Å²) in [5.74, 6) is 1.15. The van der Waals surface area contributed by atoms with E-state index >= 15 is 0 Å². The molecule has 2 aromatic rings. The fraction of sp³-hybridized carbons (Fsp3) is 0.312. The number of thiophene rings is 1. The first kappa shape index (κ1) is 15.4. The maximum Gasteiger partial charge on any atom is 0.254 e. The predicted molar refractivity (Wildman–Crippen MR) is 84.4 cm³/mol. The Labute approximate surface area is 128 Å². The van der Waals surface area contributed by atoms with Crippen LogP contribution in [0.4, 0.5) is 0 Å². The van der Waals surface area contributed by atoms with E-state index in [1.54, 1.807) is 55.7 Å². The maximum atomic E-state index is 12.6. The van der Waals surface area contributed by atoms with E-state index in [4.69, 9.17) is 9.47 Å². The van der Waals surface area contributed by atoms with Gasteiger partial charge in [0.25, 0.3) is 5.91 Å². The molecule has 1 amide bonds. The van der Waals surface area contributed by atoms with Crippen LogP contribution in [-0.4, -0.2) is 32.1 Å². The van der Waals surface area contributed by atoms with E-state index in [2.05, 4.69) is 0 Å². The first-order valence-electron chi connectivity index (χ1n) is 6.60. The molecule has 0 bridgehead atoms. The number of amides is 1. The van der Waals surface area contributed by atoms with Crippen molar-refractivity contribution in [2.45, 2.75) is 13.0 Å². The maximum absolute atomic E-state index is 12.6. The van der Waals surface area contributed by atoms with Crippen LogP contribution < -0.4 is 9.47 Å². The van der Waals surface area contributed by atoms with Gasteiger partial charge in [-0.3, -0.25) is 4.79 Å². The highest BCUT2D eigenvalue weighted by Crippen LogP contribution is 2.27. The lowest BCUT2D eigenvalue weighted by Crippen LogP contribution is -2.29. The van der Waals surface area contributed by atoms with Crippen LogP contribution in [0.1, 0.15) is 28.2 Å². The normalized spacial score (nSPS) is 11.8. The third-order valence-corrected chi connectivity index (χ3v) is 4.50. The van der Waals surface area contributed by atoms with E-state index in [0.29, 0.717) is 17.1 Å². The zero-order chi connectivity index (χ0) is 15.4. The van der Waals surface area contributed by atoms with Crippen molar-refractivity contribution in [1.29, 1.82) is 0 Å². The average Bonchev–Trinajstić information content (AvgIpc) is 3.06. The van der Waals surface area contributed by atoms with Crippen molar-refractivity contribution in [3.63, 3.8) is 0 Å². The quantitative estimate of drug-likeness (QED) is 0.847. The second-order valence-electron chi connectivity index (χ2n) is 4.71. The molecule has 0 saturated heterocycles. The average molecular weight is 305 g/mol. The van der Waals surface area contributed by atoms with Crippen molar-refractivity contribution in [3.8, 4) is 11.5 Å². The summed E-state index contributed by atoms with van der Waals surface area (Å²) in [7, 11) is 4.95. The summed E-state index contributed by atoms with van der Waals surface area (Å²) < 4.78 is 10.4. The Morgan fingerprint density at radius 3 is 2.29 bits per heavy atom. The summed E-state index contributed by atoms with van der Waals surface area (Å²) in [5.41, 5.74) is 0.553. The summed E-state index contributed by atoms with van der Waals surface area (Å²) in [5, 5.41) is 2.01. The highest BCUT2D eigenvalue weighted by Gasteiger charge is 2.20. The van der Waals surface area contributed by atoms with Crippen molar-refractivity contribution in [3.05, 3.63) is 46.2 Å². The number of rotatable bonds is 5. The van der Waals surface area contributed by atoms with E-state index in [1.807, 2.05) is 24.4 Å². The Bertz CT molecular complexity index is 588. The lowest BCUT2D eigenvalue weighted by Gasteiger charge is -2.24. The van der Waals surface area contributed by atoms with Crippen molar-refractivity contribution >= 4 is 17.2 Å². The van der Waals surface area contributed by atoms with Crippen molar-refractivity contribution in [2.75, 3.05) is 21.3 Å². The van der Waals surface area contributed by atoms with E-state index < -0.39 is 0 Å². The van der Waals surface area contributed by atoms with Gasteiger partial charge < -0.3 is 14.4 Å². The lowest BCUT2D eigenvalue weighted by atomic mass is 10.1. The molecule has 2 rings (SSSR count). The Morgan fingerprint density at radius 2 is 1.81 bits per heavy atom. The molecule has 1 aromatic heterocycles. The topological polar surface area (TPSA) is 38.8 Å². The van der Waals surface area contributed by atoms with Gasteiger partial charge in [0.1, 0.15) is 11.5 Å². The van der Waals surface area contributed by atoms with E-state index in [1.165, 1.54) is 0 Å². The molecular weight excluding hydrogens is 286 g/mol. The number of carbonyl (C=O) groups excluding carboxylic acids is 1. The molecule has 0 aliphatic carbocycles. The Kier molecular flexibility index (Phi) is 4.85. The molecule has 1 atom stereocenters. The summed E-state index contributed by atoms with van der Waals surface area (Å²) in [6.45, 7) is 2.02. The van der Waals surface area contributed by atoms with E-state index in [-0.39, 0.29) is 11.9 Å². The zero-order valence-electron chi connectivity index (χ0n) is 12.6. The van der Waals surface area contributed by atoms with Crippen LogP contribution >= 0.6 is 11.3 Å². The number of ether oxygens (including phenoxy) is 2. The van der Waals surface area contributed by atoms with Gasteiger partial charge >= 0.3 is 0 Å². The SMILES string of the molecule is COc1cc(OC)cc(C(=O)N(C)[C@@H](C)c2cccs2)c1. The molecule has 0 saturated carbocycles. The van der Waals surface area contributed by atoms with Gasteiger partial charge in [0.15, 0.2) is 0 Å². The third-order valence-electron chi connectivity index (χ3n) is 3.45. The monoisotopic (exact) mass is 305 g/mol. The number of hydrogen-bond donors (Lipinski definition) is 0. The van der Waals surface area contributed by atoms with Gasteiger partial charge in [0.2, 0.25) is 0 Å². The second kappa shape index (κ2) is 6.63. The minimum atomic E-state index is -0.0619. The molecule has 0 N–H and O–H groups in total. The van der Waals surface area contributed by atoms with E-state index in [9.17, 15) is 4.79 Å². The first-order valence-corrected chi connectivity index (χ1v) is 7.48. The fourth-order valence-corrected chi connectivity index (χ4v) is 2.86. The molecular formula is C16H19NO3S. The molecule has 0 unspecified atom stereocenters. The fourth-order valence-electron chi connectivity index (χ4n) is 2.03. The minimum absolute atomic E-state index is 0.0229. The van der Waals surface area contributed by atoms with Gasteiger partial charge in [-0.25, -0.2) is 0 Å². The Balaban J connectivity index is 2.26. The molecule has 5 heteroatoms. The third kappa shape index (κ3) is 3.36. The van der Waals surface area contributed by atoms with Gasteiger partial charge in [-0.05, 0) is 30.5 Å². The van der Waals surface area contributed by atoms with Gasteiger partial charge in [-0.2, -0.15) is 0 Å². The summed E-state index contributed by atoms with van der Waals surface area (Å²) in [6.07, 6.45) is 0. The van der Waals surface area contributed by atoms with Gasteiger partial charge in [0.05, 0.1) is 20.3 Å². The van der Waals surface area contributed by atoms with Crippen LogP contribution in [0.3, 0.4) is 0 Å². The number of benzene rings is 1. The highest BCUT2D eigenvalue weighted by atomic mass is 32.1. The number of nitrogens with zero attached hydrogens (tertiary/aromatic N) is 1. The van der Waals surface area contributed by atoms with Crippen LogP contribution in [0.2, 0.25) is 0 Å². The summed E-state index contributed by atoms with van der Waals surface area (Å²) in [6, 6.07) is 9.24. The molecule has 0 aliphatic rings. The molecule has 21 heavy (non-hydrogen) atoms. The van der Waals surface area contributed by atoms with Crippen LogP contribution in [-0.2, 0) is 0 Å². The van der Waals surface area contributed by atoms with Gasteiger partial charge in [0, 0.05) is 23.6 Å². The number of carbonyl (C=O) groups is 1. The first-order chi connectivity index (χ1) is 10.1. The second-order valence-corrected chi connectivity index (χ2v) is 5.69. The molecule has 0 spiro atoms. The van der Waals surface area contributed by atoms with Crippen LogP contribution in [0, 0.1) is 0 Å². The van der Waals surface area contributed by atoms with Crippen molar-refractivity contribution < 1.29 is 14.3 Å². The Morgan fingerprint density at radius 1 is 1.19 bits per heavy atom. The van der Waals surface area contributed by atoms with Gasteiger partial charge in [-0.1, -0.05) is 6.07 Å². The molecule has 4 nitrogen and oxygen atoms in total. The minimum Gasteiger partial charge on any atom is -0.497 e. The summed E-state index contributed by atoms with van der Waals surface area (Å²) in [4.78, 5) is 15.5. The van der Waals surface area contributed by atoms with Crippen molar-refractivity contribution in [2.24, 2.45) is 0 Å². The van der Waals surface area contributed by atoms with Crippen LogP contribution in [0.25, 0.3) is 0 Å². The number of hydrogen-bond acceptors (Lipinski definition) is 4.